The highest BCUT2D eigenvalue weighted by Gasteiger charge is 2.38. The molecule has 5 rings (SSSR count). The van der Waals surface area contributed by atoms with Gasteiger partial charge in [0.15, 0.2) is 0 Å². The lowest BCUT2D eigenvalue weighted by Gasteiger charge is -2.20. The number of benzene rings is 3. The summed E-state index contributed by atoms with van der Waals surface area (Å²) in [6.07, 6.45) is 0.768. The Morgan fingerprint density at radius 1 is 0.971 bits per heavy atom. The van der Waals surface area contributed by atoms with Crippen molar-refractivity contribution in [3.8, 4) is 11.1 Å². The first-order valence-electron chi connectivity index (χ1n) is 11.4. The SMILES string of the molecule is O=C(NC(C(=O)Nc1ccc(F)cc1C(=O)O)C1CC1)OCC1c2ccccc2-c2ccccc21. The molecule has 1 fully saturated rings. The number of ether oxygens (including phenoxy) is 1. The largest absolute Gasteiger partial charge is 0.478 e. The number of rotatable bonds is 7. The van der Waals surface area contributed by atoms with Crippen LogP contribution in [0.15, 0.2) is 66.7 Å². The fourth-order valence-electron chi connectivity index (χ4n) is 4.61. The zero-order valence-electron chi connectivity index (χ0n) is 18.7. The number of carboxylic acids is 1. The van der Waals surface area contributed by atoms with Crippen molar-refractivity contribution in [2.75, 3.05) is 11.9 Å². The summed E-state index contributed by atoms with van der Waals surface area (Å²) in [5.41, 5.74) is 3.98. The third-order valence-corrected chi connectivity index (χ3v) is 6.46. The number of carbonyl (C=O) groups excluding carboxylic acids is 2. The van der Waals surface area contributed by atoms with E-state index in [-0.39, 0.29) is 29.7 Å². The molecule has 8 heteroatoms. The molecule has 178 valence electrons. The van der Waals surface area contributed by atoms with Gasteiger partial charge in [-0.25, -0.2) is 14.0 Å². The van der Waals surface area contributed by atoms with Gasteiger partial charge in [-0.05, 0) is 59.2 Å². The topological polar surface area (TPSA) is 105 Å². The molecule has 3 N–H and O–H groups in total. The maximum atomic E-state index is 13.5. The summed E-state index contributed by atoms with van der Waals surface area (Å²) < 4.78 is 19.0. The van der Waals surface area contributed by atoms with Gasteiger partial charge in [-0.1, -0.05) is 48.5 Å². The number of carboxylic acid groups (broad SMARTS) is 1. The fraction of sp³-hybridized carbons (Fsp3) is 0.222. The van der Waals surface area contributed by atoms with E-state index in [1.807, 2.05) is 48.5 Å². The fourth-order valence-corrected chi connectivity index (χ4v) is 4.61. The first-order chi connectivity index (χ1) is 16.9. The molecule has 1 atom stereocenters. The molecular formula is C27H23FN2O5. The van der Waals surface area contributed by atoms with Gasteiger partial charge >= 0.3 is 12.1 Å². The van der Waals surface area contributed by atoms with Crippen molar-refractivity contribution in [1.29, 1.82) is 0 Å². The molecule has 35 heavy (non-hydrogen) atoms. The lowest BCUT2D eigenvalue weighted by Crippen LogP contribution is -2.46. The van der Waals surface area contributed by atoms with E-state index in [4.69, 9.17) is 4.74 Å². The molecule has 2 amide bonds. The predicted octanol–water partition coefficient (Wildman–Crippen LogP) is 4.78. The first kappa shape index (κ1) is 22.6. The van der Waals surface area contributed by atoms with E-state index < -0.39 is 29.8 Å². The first-order valence-corrected chi connectivity index (χ1v) is 11.4. The maximum absolute atomic E-state index is 13.5. The normalized spacial score (nSPS) is 15.0. The van der Waals surface area contributed by atoms with Crippen LogP contribution in [0, 0.1) is 11.7 Å². The molecule has 3 aromatic rings. The van der Waals surface area contributed by atoms with Crippen LogP contribution in [0.25, 0.3) is 11.1 Å². The van der Waals surface area contributed by atoms with Crippen molar-refractivity contribution in [2.24, 2.45) is 5.92 Å². The summed E-state index contributed by atoms with van der Waals surface area (Å²) in [4.78, 5) is 37.0. The highest BCUT2D eigenvalue weighted by atomic mass is 19.1. The van der Waals surface area contributed by atoms with Gasteiger partial charge in [-0.3, -0.25) is 4.79 Å². The van der Waals surface area contributed by atoms with Crippen LogP contribution in [0.5, 0.6) is 0 Å². The molecule has 1 unspecified atom stereocenters. The standard InChI is InChI=1S/C27H23FN2O5/c28-16-11-12-23(21(13-16)26(32)33)29-25(31)24(15-9-10-15)30-27(34)35-14-22-19-7-3-1-5-17(19)18-6-2-4-8-20(18)22/h1-8,11-13,15,22,24H,9-10,14H2,(H,29,31)(H,30,34)(H,32,33). The molecule has 7 nitrogen and oxygen atoms in total. The number of anilines is 1. The van der Waals surface area contributed by atoms with Gasteiger partial charge in [0.2, 0.25) is 5.91 Å². The van der Waals surface area contributed by atoms with E-state index in [0.717, 1.165) is 47.2 Å². The highest BCUT2D eigenvalue weighted by Crippen LogP contribution is 2.44. The molecule has 0 saturated heterocycles. The summed E-state index contributed by atoms with van der Waals surface area (Å²) in [5.74, 6) is -2.86. The maximum Gasteiger partial charge on any atom is 0.407 e. The molecule has 2 aliphatic rings. The van der Waals surface area contributed by atoms with E-state index in [0.29, 0.717) is 0 Å². The lowest BCUT2D eigenvalue weighted by atomic mass is 9.98. The number of halogens is 1. The van der Waals surface area contributed by atoms with Crippen LogP contribution in [0.4, 0.5) is 14.9 Å². The van der Waals surface area contributed by atoms with Crippen LogP contribution in [-0.2, 0) is 9.53 Å². The number of carbonyl (C=O) groups is 3. The quantitative estimate of drug-likeness (QED) is 0.457. The molecule has 0 bridgehead atoms. The van der Waals surface area contributed by atoms with Crippen molar-refractivity contribution in [1.82, 2.24) is 5.32 Å². The Morgan fingerprint density at radius 3 is 2.20 bits per heavy atom. The zero-order chi connectivity index (χ0) is 24.5. The van der Waals surface area contributed by atoms with Crippen molar-refractivity contribution in [3.63, 3.8) is 0 Å². The molecule has 0 spiro atoms. The van der Waals surface area contributed by atoms with E-state index in [1.54, 1.807) is 0 Å². The number of amides is 2. The molecule has 0 radical (unpaired) electrons. The van der Waals surface area contributed by atoms with Crippen LogP contribution in [0.1, 0.15) is 40.2 Å². The minimum Gasteiger partial charge on any atom is -0.478 e. The molecule has 0 aliphatic heterocycles. The number of aromatic carboxylic acids is 1. The monoisotopic (exact) mass is 474 g/mol. The Labute approximate surface area is 200 Å². The van der Waals surface area contributed by atoms with E-state index in [1.165, 1.54) is 6.07 Å². The number of hydrogen-bond acceptors (Lipinski definition) is 4. The second-order valence-corrected chi connectivity index (χ2v) is 8.77. The third-order valence-electron chi connectivity index (χ3n) is 6.46. The van der Waals surface area contributed by atoms with Crippen molar-refractivity contribution < 1.29 is 28.6 Å². The Balaban J connectivity index is 1.26. The van der Waals surface area contributed by atoms with Crippen LogP contribution >= 0.6 is 0 Å². The summed E-state index contributed by atoms with van der Waals surface area (Å²) >= 11 is 0. The van der Waals surface area contributed by atoms with Gasteiger partial charge in [-0.2, -0.15) is 0 Å². The number of hydrogen-bond donors (Lipinski definition) is 3. The summed E-state index contributed by atoms with van der Waals surface area (Å²) in [6.45, 7) is 0.111. The van der Waals surface area contributed by atoms with Gasteiger partial charge in [-0.15, -0.1) is 0 Å². The van der Waals surface area contributed by atoms with Gasteiger partial charge in [0.1, 0.15) is 18.5 Å². The van der Waals surface area contributed by atoms with Crippen molar-refractivity contribution in [3.05, 3.63) is 89.2 Å². The van der Waals surface area contributed by atoms with Crippen LogP contribution in [0.2, 0.25) is 0 Å². The van der Waals surface area contributed by atoms with Crippen LogP contribution in [-0.4, -0.2) is 35.7 Å². The summed E-state index contributed by atoms with van der Waals surface area (Å²) in [6, 6.07) is 18.2. The molecule has 0 aromatic heterocycles. The minimum atomic E-state index is -1.37. The highest BCUT2D eigenvalue weighted by molar-refractivity contribution is 6.03. The second kappa shape index (κ2) is 9.21. The Morgan fingerprint density at radius 2 is 1.60 bits per heavy atom. The van der Waals surface area contributed by atoms with Gasteiger partial charge < -0.3 is 20.5 Å². The van der Waals surface area contributed by atoms with Crippen molar-refractivity contribution in [2.45, 2.75) is 24.8 Å². The third kappa shape index (κ3) is 4.59. The predicted molar refractivity (Wildman–Crippen MR) is 127 cm³/mol. The van der Waals surface area contributed by atoms with E-state index in [9.17, 15) is 23.9 Å². The summed E-state index contributed by atoms with van der Waals surface area (Å²) in [7, 11) is 0. The molecule has 0 heterocycles. The lowest BCUT2D eigenvalue weighted by molar-refractivity contribution is -0.118. The molecular weight excluding hydrogens is 451 g/mol. The van der Waals surface area contributed by atoms with Gasteiger partial charge in [0.25, 0.3) is 0 Å². The molecule has 1 saturated carbocycles. The molecule has 2 aliphatic carbocycles. The Kier molecular flexibility index (Phi) is 5.94. The zero-order valence-corrected chi connectivity index (χ0v) is 18.7. The van der Waals surface area contributed by atoms with E-state index >= 15 is 0 Å². The average molecular weight is 474 g/mol. The minimum absolute atomic E-state index is 0.0381. The number of alkyl carbamates (subject to hydrolysis) is 1. The Hall–Kier alpha value is -4.20. The molecule has 3 aromatic carbocycles. The van der Waals surface area contributed by atoms with Crippen molar-refractivity contribution >= 4 is 23.7 Å². The number of nitrogens with one attached hydrogen (secondary N) is 2. The summed E-state index contributed by atoms with van der Waals surface area (Å²) in [5, 5.41) is 14.5. The van der Waals surface area contributed by atoms with Crippen LogP contribution in [0.3, 0.4) is 0 Å². The van der Waals surface area contributed by atoms with E-state index in [2.05, 4.69) is 10.6 Å². The average Bonchev–Trinajstić information content (AvgIpc) is 3.64. The Bertz CT molecular complexity index is 1270. The second-order valence-electron chi connectivity index (χ2n) is 8.77. The smallest absolute Gasteiger partial charge is 0.407 e. The van der Waals surface area contributed by atoms with Gasteiger partial charge in [0.05, 0.1) is 11.3 Å². The van der Waals surface area contributed by atoms with Gasteiger partial charge in [0, 0.05) is 5.92 Å². The number of fused-ring (bicyclic) bond motifs is 3. The van der Waals surface area contributed by atoms with Crippen LogP contribution < -0.4 is 10.6 Å².